The normalized spacial score (nSPS) is 14.6. The highest BCUT2D eigenvalue weighted by Gasteiger charge is 2.15. The van der Waals surface area contributed by atoms with Crippen LogP contribution in [0.15, 0.2) is 24.3 Å². The lowest BCUT2D eigenvalue weighted by molar-refractivity contribution is 0.135. The van der Waals surface area contributed by atoms with Crippen LogP contribution in [-0.4, -0.2) is 23.8 Å². The monoisotopic (exact) mass is 279 g/mol. The number of ether oxygens (including phenoxy) is 1. The summed E-state index contributed by atoms with van der Waals surface area (Å²) >= 11 is 0. The maximum Gasteiger partial charge on any atom is 0.119 e. The Morgan fingerprint density at radius 2 is 1.65 bits per heavy atom. The van der Waals surface area contributed by atoms with Crippen LogP contribution in [0.3, 0.4) is 0 Å². The summed E-state index contributed by atoms with van der Waals surface area (Å²) in [7, 11) is 0. The van der Waals surface area contributed by atoms with Gasteiger partial charge in [-0.2, -0.15) is 0 Å². The quantitative estimate of drug-likeness (QED) is 0.765. The van der Waals surface area contributed by atoms with Crippen LogP contribution in [0.1, 0.15) is 52.7 Å². The van der Waals surface area contributed by atoms with Gasteiger partial charge in [0.05, 0.1) is 12.2 Å². The van der Waals surface area contributed by atoms with E-state index in [2.05, 4.69) is 19.2 Å². The van der Waals surface area contributed by atoms with Crippen molar-refractivity contribution in [1.29, 1.82) is 0 Å². The predicted molar refractivity (Wildman–Crippen MR) is 84.1 cm³/mol. The third kappa shape index (κ3) is 5.93. The summed E-state index contributed by atoms with van der Waals surface area (Å²) in [6.07, 6.45) is 0.802. The molecule has 1 rings (SSSR count). The van der Waals surface area contributed by atoms with Gasteiger partial charge in [0, 0.05) is 6.04 Å². The second-order valence-electron chi connectivity index (χ2n) is 6.11. The van der Waals surface area contributed by atoms with Gasteiger partial charge >= 0.3 is 0 Å². The zero-order valence-electron chi connectivity index (χ0n) is 13.4. The number of aliphatic hydroxyl groups excluding tert-OH is 1. The van der Waals surface area contributed by atoms with Crippen molar-refractivity contribution in [3.63, 3.8) is 0 Å². The fourth-order valence-corrected chi connectivity index (χ4v) is 2.02. The average Bonchev–Trinajstić information content (AvgIpc) is 2.37. The van der Waals surface area contributed by atoms with Crippen molar-refractivity contribution < 1.29 is 9.84 Å². The molecule has 0 aliphatic rings. The highest BCUT2D eigenvalue weighted by Crippen LogP contribution is 2.21. The fourth-order valence-electron chi connectivity index (χ4n) is 2.02. The van der Waals surface area contributed by atoms with E-state index in [1.807, 2.05) is 45.0 Å². The smallest absolute Gasteiger partial charge is 0.119 e. The standard InChI is InChI=1S/C17H29NO2/c1-12(2)10-11-18-14(5)17(19)15-6-8-16(9-7-15)20-13(3)4/h6-9,12-14,17-19H,10-11H2,1-5H3. The molecule has 0 heterocycles. The Kier molecular flexibility index (Phi) is 7.03. The molecule has 2 N–H and O–H groups in total. The van der Waals surface area contributed by atoms with Crippen LogP contribution in [0.5, 0.6) is 5.75 Å². The summed E-state index contributed by atoms with van der Waals surface area (Å²) in [4.78, 5) is 0. The predicted octanol–water partition coefficient (Wildman–Crippen LogP) is 3.53. The Labute approximate surface area is 123 Å². The highest BCUT2D eigenvalue weighted by molar-refractivity contribution is 5.29. The van der Waals surface area contributed by atoms with E-state index in [9.17, 15) is 5.11 Å². The van der Waals surface area contributed by atoms with Gasteiger partial charge in [-0.05, 0) is 57.4 Å². The molecule has 0 saturated carbocycles. The number of benzene rings is 1. The lowest BCUT2D eigenvalue weighted by Gasteiger charge is -2.21. The Bertz CT molecular complexity index is 373. The van der Waals surface area contributed by atoms with Gasteiger partial charge in [0.1, 0.15) is 5.75 Å². The van der Waals surface area contributed by atoms with Gasteiger partial charge in [0.2, 0.25) is 0 Å². The Hall–Kier alpha value is -1.06. The second-order valence-corrected chi connectivity index (χ2v) is 6.11. The molecule has 114 valence electrons. The Balaban J connectivity index is 2.51. The van der Waals surface area contributed by atoms with Crippen molar-refractivity contribution in [3.8, 4) is 5.75 Å². The second kappa shape index (κ2) is 8.28. The molecule has 0 bridgehead atoms. The molecule has 0 spiro atoms. The molecule has 0 amide bonds. The molecule has 0 fully saturated rings. The SMILES string of the molecule is CC(C)CCNC(C)C(O)c1ccc(OC(C)C)cc1. The molecule has 1 aromatic rings. The van der Waals surface area contributed by atoms with E-state index < -0.39 is 6.10 Å². The summed E-state index contributed by atoms with van der Waals surface area (Å²) in [5.41, 5.74) is 0.922. The van der Waals surface area contributed by atoms with Gasteiger partial charge in [0.15, 0.2) is 0 Å². The van der Waals surface area contributed by atoms with E-state index in [0.717, 1.165) is 24.3 Å². The Morgan fingerprint density at radius 1 is 1.05 bits per heavy atom. The molecule has 0 aliphatic carbocycles. The summed E-state index contributed by atoms with van der Waals surface area (Å²) in [5.74, 6) is 1.52. The minimum Gasteiger partial charge on any atom is -0.491 e. The summed E-state index contributed by atoms with van der Waals surface area (Å²) in [6, 6.07) is 7.75. The van der Waals surface area contributed by atoms with Crippen molar-refractivity contribution in [2.24, 2.45) is 5.92 Å². The molecule has 2 atom stereocenters. The molecule has 2 unspecified atom stereocenters. The van der Waals surface area contributed by atoms with Gasteiger partial charge in [-0.15, -0.1) is 0 Å². The zero-order valence-corrected chi connectivity index (χ0v) is 13.4. The highest BCUT2D eigenvalue weighted by atomic mass is 16.5. The molecule has 0 aliphatic heterocycles. The van der Waals surface area contributed by atoms with Gasteiger partial charge in [0.25, 0.3) is 0 Å². The average molecular weight is 279 g/mol. The third-order valence-electron chi connectivity index (χ3n) is 3.26. The molecular weight excluding hydrogens is 250 g/mol. The minimum atomic E-state index is -0.490. The molecule has 0 aromatic heterocycles. The van der Waals surface area contributed by atoms with Gasteiger partial charge in [-0.25, -0.2) is 0 Å². The minimum absolute atomic E-state index is 0.0469. The van der Waals surface area contributed by atoms with E-state index in [-0.39, 0.29) is 12.1 Å². The first-order chi connectivity index (χ1) is 9.40. The number of hydrogen-bond donors (Lipinski definition) is 2. The van der Waals surface area contributed by atoms with E-state index >= 15 is 0 Å². The van der Waals surface area contributed by atoms with Crippen LogP contribution in [0.25, 0.3) is 0 Å². The van der Waals surface area contributed by atoms with Crippen LogP contribution in [-0.2, 0) is 0 Å². The van der Waals surface area contributed by atoms with Crippen molar-refractivity contribution in [3.05, 3.63) is 29.8 Å². The fraction of sp³-hybridized carbons (Fsp3) is 0.647. The van der Waals surface area contributed by atoms with Crippen LogP contribution in [0, 0.1) is 5.92 Å². The largest absolute Gasteiger partial charge is 0.491 e. The lowest BCUT2D eigenvalue weighted by Crippen LogP contribution is -2.33. The number of aliphatic hydroxyl groups is 1. The molecular formula is C17H29NO2. The topological polar surface area (TPSA) is 41.5 Å². The van der Waals surface area contributed by atoms with E-state index in [1.54, 1.807) is 0 Å². The molecule has 20 heavy (non-hydrogen) atoms. The first-order valence-electron chi connectivity index (χ1n) is 7.58. The van der Waals surface area contributed by atoms with Gasteiger partial charge in [-0.3, -0.25) is 0 Å². The van der Waals surface area contributed by atoms with Crippen molar-refractivity contribution in [2.45, 2.75) is 59.3 Å². The van der Waals surface area contributed by atoms with Crippen molar-refractivity contribution in [1.82, 2.24) is 5.32 Å². The van der Waals surface area contributed by atoms with Crippen molar-refractivity contribution in [2.75, 3.05) is 6.54 Å². The van der Waals surface area contributed by atoms with E-state index in [0.29, 0.717) is 5.92 Å². The molecule has 1 aromatic carbocycles. The maximum atomic E-state index is 10.3. The number of nitrogens with one attached hydrogen (secondary N) is 1. The molecule has 3 nitrogen and oxygen atoms in total. The first kappa shape index (κ1) is 17.0. The summed E-state index contributed by atoms with van der Waals surface area (Å²) in [5, 5.41) is 13.7. The third-order valence-corrected chi connectivity index (χ3v) is 3.26. The van der Waals surface area contributed by atoms with Crippen molar-refractivity contribution >= 4 is 0 Å². The lowest BCUT2D eigenvalue weighted by atomic mass is 10.0. The first-order valence-corrected chi connectivity index (χ1v) is 7.58. The van der Waals surface area contributed by atoms with E-state index in [4.69, 9.17) is 4.74 Å². The summed E-state index contributed by atoms with van der Waals surface area (Å²) < 4.78 is 5.60. The number of hydrogen-bond acceptors (Lipinski definition) is 3. The van der Waals surface area contributed by atoms with E-state index in [1.165, 1.54) is 0 Å². The Morgan fingerprint density at radius 3 is 2.15 bits per heavy atom. The molecule has 3 heteroatoms. The van der Waals surface area contributed by atoms with Crippen LogP contribution in [0.2, 0.25) is 0 Å². The molecule has 0 saturated heterocycles. The van der Waals surface area contributed by atoms with Gasteiger partial charge < -0.3 is 15.2 Å². The van der Waals surface area contributed by atoms with Crippen LogP contribution in [0.4, 0.5) is 0 Å². The van der Waals surface area contributed by atoms with Gasteiger partial charge in [-0.1, -0.05) is 26.0 Å². The summed E-state index contributed by atoms with van der Waals surface area (Å²) in [6.45, 7) is 11.4. The van der Waals surface area contributed by atoms with Crippen LogP contribution >= 0.6 is 0 Å². The van der Waals surface area contributed by atoms with Crippen LogP contribution < -0.4 is 10.1 Å². The maximum absolute atomic E-state index is 10.3. The molecule has 0 radical (unpaired) electrons. The number of rotatable bonds is 8. The zero-order chi connectivity index (χ0) is 15.1.